The van der Waals surface area contributed by atoms with Crippen LogP contribution in [0.1, 0.15) is 28.9 Å². The zero-order valence-corrected chi connectivity index (χ0v) is 18.6. The van der Waals surface area contributed by atoms with Crippen LogP contribution in [-0.2, 0) is 0 Å². The van der Waals surface area contributed by atoms with Crippen molar-refractivity contribution in [2.24, 2.45) is 0 Å². The molecule has 0 bridgehead atoms. The first-order chi connectivity index (χ1) is 14.4. The summed E-state index contributed by atoms with van der Waals surface area (Å²) in [6.45, 7) is 3.70. The third-order valence-electron chi connectivity index (χ3n) is 5.60. The number of carboxylic acids is 1. The Labute approximate surface area is 185 Å². The van der Waals surface area contributed by atoms with Crippen LogP contribution in [0.3, 0.4) is 0 Å². The van der Waals surface area contributed by atoms with Gasteiger partial charge in [0.2, 0.25) is 0 Å². The van der Waals surface area contributed by atoms with Gasteiger partial charge >= 0.3 is 5.97 Å². The van der Waals surface area contributed by atoms with E-state index in [1.165, 1.54) is 0 Å². The molecular formula is C23H24ClN3O2S. The number of halogens is 1. The number of aromatic carboxylic acids is 1. The normalized spacial score (nSPS) is 16.5. The van der Waals surface area contributed by atoms with Crippen LogP contribution in [0.2, 0.25) is 5.02 Å². The van der Waals surface area contributed by atoms with Gasteiger partial charge in [0.15, 0.2) is 0 Å². The van der Waals surface area contributed by atoms with Crippen molar-refractivity contribution < 1.29 is 9.90 Å². The van der Waals surface area contributed by atoms with E-state index in [1.54, 1.807) is 23.5 Å². The number of carboxylic acid groups (broad SMARTS) is 1. The monoisotopic (exact) mass is 441 g/mol. The molecule has 1 atom stereocenters. The van der Waals surface area contributed by atoms with Gasteiger partial charge in [-0.1, -0.05) is 47.2 Å². The van der Waals surface area contributed by atoms with Gasteiger partial charge in [0, 0.05) is 36.8 Å². The van der Waals surface area contributed by atoms with Gasteiger partial charge in [-0.05, 0) is 44.0 Å². The Morgan fingerprint density at radius 1 is 1.23 bits per heavy atom. The summed E-state index contributed by atoms with van der Waals surface area (Å²) in [7, 11) is 2.11. The fourth-order valence-corrected chi connectivity index (χ4v) is 5.25. The molecule has 4 rings (SSSR count). The van der Waals surface area contributed by atoms with Crippen LogP contribution in [0, 0.1) is 6.92 Å². The SMILES string of the molecule is Cc1nc(-c2ccc(Cl)cc2)sc1N(C)C1CCCN(c2ccccc2C(=O)O)C1. The second-order valence-electron chi connectivity index (χ2n) is 7.59. The maximum atomic E-state index is 11.7. The Morgan fingerprint density at radius 2 is 1.97 bits per heavy atom. The molecule has 1 saturated heterocycles. The van der Waals surface area contributed by atoms with E-state index >= 15 is 0 Å². The second kappa shape index (κ2) is 8.66. The van der Waals surface area contributed by atoms with Crippen molar-refractivity contribution in [3.8, 4) is 10.6 Å². The fraction of sp³-hybridized carbons (Fsp3) is 0.304. The highest BCUT2D eigenvalue weighted by Crippen LogP contribution is 2.36. The molecule has 1 unspecified atom stereocenters. The number of para-hydroxylation sites is 1. The molecule has 0 spiro atoms. The lowest BCUT2D eigenvalue weighted by Gasteiger charge is -2.39. The maximum absolute atomic E-state index is 11.7. The molecule has 1 N–H and O–H groups in total. The summed E-state index contributed by atoms with van der Waals surface area (Å²) >= 11 is 7.70. The molecule has 0 saturated carbocycles. The van der Waals surface area contributed by atoms with Crippen molar-refractivity contribution >= 4 is 39.6 Å². The molecular weight excluding hydrogens is 418 g/mol. The second-order valence-corrected chi connectivity index (χ2v) is 9.01. The summed E-state index contributed by atoms with van der Waals surface area (Å²) < 4.78 is 0. The van der Waals surface area contributed by atoms with Crippen molar-refractivity contribution in [3.63, 3.8) is 0 Å². The van der Waals surface area contributed by atoms with Crippen molar-refractivity contribution in [2.45, 2.75) is 25.8 Å². The molecule has 0 aliphatic carbocycles. The van der Waals surface area contributed by atoms with E-state index in [0.717, 1.165) is 52.9 Å². The Morgan fingerprint density at radius 3 is 2.70 bits per heavy atom. The minimum atomic E-state index is -0.882. The highest BCUT2D eigenvalue weighted by atomic mass is 35.5. The number of anilines is 2. The molecule has 1 aromatic heterocycles. The van der Waals surface area contributed by atoms with E-state index in [9.17, 15) is 9.90 Å². The Bertz CT molecular complexity index is 1050. The van der Waals surface area contributed by atoms with Crippen molar-refractivity contribution in [2.75, 3.05) is 29.9 Å². The van der Waals surface area contributed by atoms with Gasteiger partial charge in [0.25, 0.3) is 0 Å². The Hall–Kier alpha value is -2.57. The van der Waals surface area contributed by atoms with Crippen molar-refractivity contribution in [3.05, 3.63) is 64.8 Å². The number of benzene rings is 2. The number of hydrogen-bond acceptors (Lipinski definition) is 5. The van der Waals surface area contributed by atoms with Crippen LogP contribution in [0.25, 0.3) is 10.6 Å². The van der Waals surface area contributed by atoms with E-state index in [2.05, 4.69) is 16.8 Å². The zero-order valence-electron chi connectivity index (χ0n) is 17.0. The number of rotatable bonds is 5. The van der Waals surface area contributed by atoms with E-state index in [1.807, 2.05) is 43.3 Å². The minimum absolute atomic E-state index is 0.290. The number of piperidine rings is 1. The smallest absolute Gasteiger partial charge is 0.337 e. The summed E-state index contributed by atoms with van der Waals surface area (Å²) in [6, 6.07) is 15.3. The lowest BCUT2D eigenvalue weighted by atomic mass is 10.0. The molecule has 2 heterocycles. The number of aryl methyl sites for hydroxylation is 1. The van der Waals surface area contributed by atoms with Crippen LogP contribution in [0.5, 0.6) is 0 Å². The van der Waals surface area contributed by atoms with Crippen molar-refractivity contribution in [1.29, 1.82) is 0 Å². The number of thiazole rings is 1. The number of aromatic nitrogens is 1. The third-order valence-corrected chi connectivity index (χ3v) is 7.15. The third kappa shape index (κ3) is 4.16. The number of hydrogen-bond donors (Lipinski definition) is 1. The topological polar surface area (TPSA) is 56.7 Å². The zero-order chi connectivity index (χ0) is 21.3. The molecule has 30 heavy (non-hydrogen) atoms. The Kier molecular flexibility index (Phi) is 5.97. The summed E-state index contributed by atoms with van der Waals surface area (Å²) in [6.07, 6.45) is 2.08. The number of nitrogens with zero attached hydrogens (tertiary/aromatic N) is 3. The maximum Gasteiger partial charge on any atom is 0.337 e. The summed E-state index contributed by atoms with van der Waals surface area (Å²) in [5.41, 5.74) is 3.23. The molecule has 7 heteroatoms. The van der Waals surface area contributed by atoms with Crippen LogP contribution >= 0.6 is 22.9 Å². The van der Waals surface area contributed by atoms with Crippen molar-refractivity contribution in [1.82, 2.24) is 4.98 Å². The molecule has 5 nitrogen and oxygen atoms in total. The Balaban J connectivity index is 1.56. The molecule has 1 fully saturated rings. The molecule has 156 valence electrons. The van der Waals surface area contributed by atoms with Crippen LogP contribution in [0.4, 0.5) is 10.7 Å². The standard InChI is InChI=1S/C23H24ClN3O2S/c1-15-22(30-21(25-15)16-9-11-17(24)12-10-16)26(2)18-6-5-13-27(14-18)20-8-4-3-7-19(20)23(28)29/h3-4,7-12,18H,5-6,13-14H2,1-2H3,(H,28,29). The van der Waals surface area contributed by atoms with Crippen LogP contribution in [-0.4, -0.2) is 42.2 Å². The molecule has 1 aliphatic heterocycles. The number of likely N-dealkylation sites (N-methyl/N-ethyl adjacent to an activating group) is 1. The van der Waals surface area contributed by atoms with Gasteiger partial charge in [-0.15, -0.1) is 0 Å². The predicted molar refractivity (Wildman–Crippen MR) is 124 cm³/mol. The average Bonchev–Trinajstić information content (AvgIpc) is 3.15. The first-order valence-corrected chi connectivity index (χ1v) is 11.2. The molecule has 2 aromatic carbocycles. The first kappa shape index (κ1) is 20.7. The number of carbonyl (C=O) groups is 1. The van der Waals surface area contributed by atoms with E-state index in [4.69, 9.17) is 16.6 Å². The van der Waals surface area contributed by atoms with E-state index < -0.39 is 5.97 Å². The fourth-order valence-electron chi connectivity index (χ4n) is 4.02. The molecule has 0 amide bonds. The van der Waals surface area contributed by atoms with E-state index in [0.29, 0.717) is 10.6 Å². The molecule has 0 radical (unpaired) electrons. The van der Waals surface area contributed by atoms with Gasteiger partial charge in [-0.25, -0.2) is 9.78 Å². The molecule has 3 aromatic rings. The highest BCUT2D eigenvalue weighted by molar-refractivity contribution is 7.19. The average molecular weight is 442 g/mol. The van der Waals surface area contributed by atoms with Gasteiger partial charge in [0.05, 0.1) is 16.9 Å². The highest BCUT2D eigenvalue weighted by Gasteiger charge is 2.27. The first-order valence-electron chi connectivity index (χ1n) is 9.97. The van der Waals surface area contributed by atoms with Gasteiger partial charge in [-0.3, -0.25) is 0 Å². The van der Waals surface area contributed by atoms with Gasteiger partial charge in [-0.2, -0.15) is 0 Å². The summed E-state index contributed by atoms with van der Waals surface area (Å²) in [5, 5.41) is 12.4. The quantitative estimate of drug-likeness (QED) is 0.560. The van der Waals surface area contributed by atoms with Crippen LogP contribution < -0.4 is 9.80 Å². The predicted octanol–water partition coefficient (Wildman–Crippen LogP) is 5.58. The summed E-state index contributed by atoms with van der Waals surface area (Å²) in [5.74, 6) is -0.882. The largest absolute Gasteiger partial charge is 0.478 e. The van der Waals surface area contributed by atoms with Gasteiger partial charge in [0.1, 0.15) is 10.0 Å². The lowest BCUT2D eigenvalue weighted by molar-refractivity contribution is 0.0697. The lowest BCUT2D eigenvalue weighted by Crippen LogP contribution is -2.47. The summed E-state index contributed by atoms with van der Waals surface area (Å²) in [4.78, 5) is 20.9. The molecule has 1 aliphatic rings. The van der Waals surface area contributed by atoms with Crippen LogP contribution in [0.15, 0.2) is 48.5 Å². The minimum Gasteiger partial charge on any atom is -0.478 e. The van der Waals surface area contributed by atoms with E-state index in [-0.39, 0.29) is 6.04 Å². The van der Waals surface area contributed by atoms with Gasteiger partial charge < -0.3 is 14.9 Å².